The van der Waals surface area contributed by atoms with Gasteiger partial charge in [0.25, 0.3) is 0 Å². The molecule has 0 spiro atoms. The van der Waals surface area contributed by atoms with Gasteiger partial charge in [0.1, 0.15) is 5.82 Å². The van der Waals surface area contributed by atoms with Crippen LogP contribution in [0.3, 0.4) is 0 Å². The molecule has 2 aromatic carbocycles. The maximum absolute atomic E-state index is 13.3. The number of halogens is 3. The van der Waals surface area contributed by atoms with Gasteiger partial charge in [0.15, 0.2) is 0 Å². The van der Waals surface area contributed by atoms with E-state index in [9.17, 15) is 4.39 Å². The van der Waals surface area contributed by atoms with E-state index >= 15 is 0 Å². The number of hydrogen-bond acceptors (Lipinski definition) is 2. The van der Waals surface area contributed by atoms with Crippen molar-refractivity contribution in [2.24, 2.45) is 0 Å². The standard InChI is InChI=1S/C16H17Br2FN2/c1-10(11-4-6-14(19)13(18)8-11)20-15-9-12(17)5-7-16(15)21(2)3/h4-10,20H,1-3H3. The highest BCUT2D eigenvalue weighted by molar-refractivity contribution is 9.10. The van der Waals surface area contributed by atoms with E-state index in [2.05, 4.69) is 55.1 Å². The van der Waals surface area contributed by atoms with Crippen molar-refractivity contribution < 1.29 is 4.39 Å². The van der Waals surface area contributed by atoms with Crippen LogP contribution in [0.15, 0.2) is 45.3 Å². The molecular formula is C16H17Br2FN2. The summed E-state index contributed by atoms with van der Waals surface area (Å²) in [5.41, 5.74) is 3.15. The molecule has 0 aliphatic heterocycles. The molecular weight excluding hydrogens is 399 g/mol. The van der Waals surface area contributed by atoms with Gasteiger partial charge in [-0.15, -0.1) is 0 Å². The van der Waals surface area contributed by atoms with E-state index in [0.29, 0.717) is 4.47 Å². The SMILES string of the molecule is CC(Nc1cc(Br)ccc1N(C)C)c1ccc(F)c(Br)c1. The zero-order valence-corrected chi connectivity index (χ0v) is 15.3. The second-order valence-corrected chi connectivity index (χ2v) is 6.87. The van der Waals surface area contributed by atoms with Crippen molar-refractivity contribution in [3.63, 3.8) is 0 Å². The minimum absolute atomic E-state index is 0.0647. The molecule has 2 rings (SSSR count). The van der Waals surface area contributed by atoms with Crippen LogP contribution in [0, 0.1) is 5.82 Å². The van der Waals surface area contributed by atoms with Crippen LogP contribution in [0.5, 0.6) is 0 Å². The van der Waals surface area contributed by atoms with Crippen molar-refractivity contribution in [2.75, 3.05) is 24.3 Å². The Morgan fingerprint density at radius 2 is 1.81 bits per heavy atom. The van der Waals surface area contributed by atoms with Gasteiger partial charge in [0.2, 0.25) is 0 Å². The lowest BCUT2D eigenvalue weighted by Gasteiger charge is -2.22. The highest BCUT2D eigenvalue weighted by atomic mass is 79.9. The molecule has 0 aromatic heterocycles. The molecule has 2 nitrogen and oxygen atoms in total. The molecule has 0 heterocycles. The van der Waals surface area contributed by atoms with Crippen LogP contribution in [0.1, 0.15) is 18.5 Å². The highest BCUT2D eigenvalue weighted by Crippen LogP contribution is 2.31. The fourth-order valence-electron chi connectivity index (χ4n) is 2.11. The number of nitrogens with one attached hydrogen (secondary N) is 1. The molecule has 0 bridgehead atoms. The second kappa shape index (κ2) is 6.79. The predicted octanol–water partition coefficient (Wildman–Crippen LogP) is 5.59. The van der Waals surface area contributed by atoms with Gasteiger partial charge in [-0.1, -0.05) is 22.0 Å². The molecule has 1 unspecified atom stereocenters. The van der Waals surface area contributed by atoms with Crippen LogP contribution in [0.4, 0.5) is 15.8 Å². The summed E-state index contributed by atoms with van der Waals surface area (Å²) in [6.07, 6.45) is 0. The van der Waals surface area contributed by atoms with E-state index in [1.54, 1.807) is 12.1 Å². The topological polar surface area (TPSA) is 15.3 Å². The Labute approximate surface area is 141 Å². The summed E-state index contributed by atoms with van der Waals surface area (Å²) < 4.78 is 14.8. The number of benzene rings is 2. The van der Waals surface area contributed by atoms with E-state index in [4.69, 9.17) is 0 Å². The maximum atomic E-state index is 13.3. The Bertz CT molecular complexity index is 644. The predicted molar refractivity (Wildman–Crippen MR) is 94.6 cm³/mol. The van der Waals surface area contributed by atoms with Crippen LogP contribution in [-0.4, -0.2) is 14.1 Å². The summed E-state index contributed by atoms with van der Waals surface area (Å²) in [4.78, 5) is 2.06. The molecule has 0 amide bonds. The van der Waals surface area contributed by atoms with E-state index in [0.717, 1.165) is 21.4 Å². The summed E-state index contributed by atoms with van der Waals surface area (Å²) in [6, 6.07) is 11.3. The third-order valence-corrected chi connectivity index (χ3v) is 4.36. The highest BCUT2D eigenvalue weighted by Gasteiger charge is 2.11. The summed E-state index contributed by atoms with van der Waals surface area (Å²) in [7, 11) is 4.02. The molecule has 0 aliphatic carbocycles. The van der Waals surface area contributed by atoms with Crippen molar-refractivity contribution in [1.29, 1.82) is 0 Å². The average molecular weight is 416 g/mol. The quantitative estimate of drug-likeness (QED) is 0.700. The lowest BCUT2D eigenvalue weighted by Crippen LogP contribution is -2.14. The van der Waals surface area contributed by atoms with E-state index < -0.39 is 0 Å². The van der Waals surface area contributed by atoms with E-state index in [1.165, 1.54) is 6.07 Å². The molecule has 0 radical (unpaired) electrons. The van der Waals surface area contributed by atoms with Crippen LogP contribution < -0.4 is 10.2 Å². The summed E-state index contributed by atoms with van der Waals surface area (Å²) >= 11 is 6.73. The number of hydrogen-bond donors (Lipinski definition) is 1. The first kappa shape index (κ1) is 16.3. The molecule has 0 aliphatic rings. The second-order valence-electron chi connectivity index (χ2n) is 5.10. The Kier molecular flexibility index (Phi) is 5.27. The van der Waals surface area contributed by atoms with Crippen LogP contribution in [0.25, 0.3) is 0 Å². The zero-order valence-electron chi connectivity index (χ0n) is 12.1. The Morgan fingerprint density at radius 3 is 2.43 bits per heavy atom. The average Bonchev–Trinajstić information content (AvgIpc) is 2.41. The van der Waals surface area contributed by atoms with Gasteiger partial charge >= 0.3 is 0 Å². The summed E-state index contributed by atoms with van der Waals surface area (Å²) in [5, 5.41) is 3.48. The molecule has 2 aromatic rings. The molecule has 1 N–H and O–H groups in total. The maximum Gasteiger partial charge on any atom is 0.137 e. The Balaban J connectivity index is 2.28. The third kappa shape index (κ3) is 3.98. The number of nitrogens with zero attached hydrogens (tertiary/aromatic N) is 1. The van der Waals surface area contributed by atoms with Gasteiger partial charge in [-0.3, -0.25) is 0 Å². The van der Waals surface area contributed by atoms with Crippen molar-refractivity contribution in [1.82, 2.24) is 0 Å². The zero-order chi connectivity index (χ0) is 15.6. The molecule has 0 fully saturated rings. The molecule has 5 heteroatoms. The first-order valence-corrected chi connectivity index (χ1v) is 8.15. The van der Waals surface area contributed by atoms with Gasteiger partial charge in [-0.2, -0.15) is 0 Å². The largest absolute Gasteiger partial charge is 0.377 e. The minimum Gasteiger partial charge on any atom is -0.377 e. The van der Waals surface area contributed by atoms with Gasteiger partial charge in [-0.25, -0.2) is 4.39 Å². The van der Waals surface area contributed by atoms with Crippen molar-refractivity contribution in [2.45, 2.75) is 13.0 Å². The third-order valence-electron chi connectivity index (χ3n) is 3.26. The van der Waals surface area contributed by atoms with Gasteiger partial charge < -0.3 is 10.2 Å². The lowest BCUT2D eigenvalue weighted by molar-refractivity contribution is 0.619. The molecule has 1 atom stereocenters. The normalized spacial score (nSPS) is 12.1. The first-order chi connectivity index (χ1) is 9.88. The lowest BCUT2D eigenvalue weighted by atomic mass is 10.1. The first-order valence-electron chi connectivity index (χ1n) is 6.57. The fraction of sp³-hybridized carbons (Fsp3) is 0.250. The monoisotopic (exact) mass is 414 g/mol. The Morgan fingerprint density at radius 1 is 1.10 bits per heavy atom. The number of rotatable bonds is 4. The van der Waals surface area contributed by atoms with Crippen LogP contribution >= 0.6 is 31.9 Å². The van der Waals surface area contributed by atoms with Crippen LogP contribution in [-0.2, 0) is 0 Å². The van der Waals surface area contributed by atoms with Crippen molar-refractivity contribution >= 4 is 43.2 Å². The summed E-state index contributed by atoms with van der Waals surface area (Å²) in [6.45, 7) is 2.06. The fourth-order valence-corrected chi connectivity index (χ4v) is 2.87. The smallest absolute Gasteiger partial charge is 0.137 e. The molecule has 0 saturated heterocycles. The Hall–Kier alpha value is -1.07. The van der Waals surface area contributed by atoms with Gasteiger partial charge in [0, 0.05) is 24.6 Å². The van der Waals surface area contributed by atoms with Crippen molar-refractivity contribution in [3.05, 3.63) is 56.7 Å². The number of anilines is 2. The van der Waals surface area contributed by atoms with Crippen molar-refractivity contribution in [3.8, 4) is 0 Å². The van der Waals surface area contributed by atoms with Gasteiger partial charge in [-0.05, 0) is 58.7 Å². The molecule has 112 valence electrons. The van der Waals surface area contributed by atoms with Crippen LogP contribution in [0.2, 0.25) is 0 Å². The summed E-state index contributed by atoms with van der Waals surface area (Å²) in [5.74, 6) is -0.248. The van der Waals surface area contributed by atoms with E-state index in [1.807, 2.05) is 26.2 Å². The molecule has 0 saturated carbocycles. The van der Waals surface area contributed by atoms with Gasteiger partial charge in [0.05, 0.1) is 15.8 Å². The van der Waals surface area contributed by atoms with E-state index in [-0.39, 0.29) is 11.9 Å². The molecule has 21 heavy (non-hydrogen) atoms. The minimum atomic E-state index is -0.248.